The number of benzene rings is 3. The zero-order valence-electron chi connectivity index (χ0n) is 21.6. The Morgan fingerprint density at radius 1 is 0.917 bits per heavy atom. The van der Waals surface area contributed by atoms with Crippen molar-refractivity contribution in [3.05, 3.63) is 106 Å². The standard InChI is InChI=1S/C31H35N3O2/c1-5-25-15-9-12-18-28(25)34-30(32-27-17-11-10-16-26(27)31(34)36)23(4)33(29(35)21-22(2)3)20-19-24-13-7-6-8-14-24/h6-18,22-23H,5,19-21H2,1-4H3. The number of nitrogens with zero attached hydrogens (tertiary/aromatic N) is 3. The van der Waals surface area contributed by atoms with Crippen LogP contribution in [-0.4, -0.2) is 26.9 Å². The minimum Gasteiger partial charge on any atom is -0.332 e. The summed E-state index contributed by atoms with van der Waals surface area (Å²) in [5, 5.41) is 0.573. The van der Waals surface area contributed by atoms with Gasteiger partial charge in [-0.1, -0.05) is 81.4 Å². The van der Waals surface area contributed by atoms with E-state index in [9.17, 15) is 9.59 Å². The van der Waals surface area contributed by atoms with Gasteiger partial charge in [-0.2, -0.15) is 0 Å². The van der Waals surface area contributed by atoms with Crippen LogP contribution in [0.25, 0.3) is 16.6 Å². The van der Waals surface area contributed by atoms with Crippen LogP contribution in [0.1, 0.15) is 57.1 Å². The van der Waals surface area contributed by atoms with Gasteiger partial charge in [0.2, 0.25) is 5.91 Å². The molecule has 1 aromatic heterocycles. The lowest BCUT2D eigenvalue weighted by atomic mass is 10.1. The van der Waals surface area contributed by atoms with Crippen LogP contribution in [0.4, 0.5) is 0 Å². The van der Waals surface area contributed by atoms with Crippen LogP contribution in [0.3, 0.4) is 0 Å². The molecule has 3 aromatic carbocycles. The van der Waals surface area contributed by atoms with Gasteiger partial charge in [-0.15, -0.1) is 0 Å². The smallest absolute Gasteiger partial charge is 0.266 e. The normalized spacial score (nSPS) is 12.1. The van der Waals surface area contributed by atoms with Gasteiger partial charge in [0.1, 0.15) is 5.82 Å². The van der Waals surface area contributed by atoms with E-state index < -0.39 is 0 Å². The molecule has 4 aromatic rings. The molecule has 0 N–H and O–H groups in total. The number of hydrogen-bond donors (Lipinski definition) is 0. The topological polar surface area (TPSA) is 55.2 Å². The highest BCUT2D eigenvalue weighted by Gasteiger charge is 2.27. The van der Waals surface area contributed by atoms with Gasteiger partial charge in [0.05, 0.1) is 22.6 Å². The summed E-state index contributed by atoms with van der Waals surface area (Å²) in [7, 11) is 0. The third-order valence-corrected chi connectivity index (χ3v) is 6.64. The minimum atomic E-state index is -0.387. The number of aryl methyl sites for hydroxylation is 1. The lowest BCUT2D eigenvalue weighted by Crippen LogP contribution is -2.39. The molecule has 0 aliphatic rings. The van der Waals surface area contributed by atoms with E-state index in [2.05, 4.69) is 32.9 Å². The minimum absolute atomic E-state index is 0.0752. The second-order valence-electron chi connectivity index (χ2n) is 9.71. The van der Waals surface area contributed by atoms with Gasteiger partial charge in [-0.3, -0.25) is 14.2 Å². The first kappa shape index (κ1) is 25.4. The molecule has 0 aliphatic heterocycles. The van der Waals surface area contributed by atoms with Crippen molar-refractivity contribution in [2.75, 3.05) is 6.54 Å². The number of carbonyl (C=O) groups is 1. The molecular weight excluding hydrogens is 446 g/mol. The Hall–Kier alpha value is -3.73. The highest BCUT2D eigenvalue weighted by Crippen LogP contribution is 2.26. The van der Waals surface area contributed by atoms with Gasteiger partial charge >= 0.3 is 0 Å². The summed E-state index contributed by atoms with van der Waals surface area (Å²) < 4.78 is 1.73. The largest absolute Gasteiger partial charge is 0.332 e. The Labute approximate surface area is 213 Å². The van der Waals surface area contributed by atoms with E-state index >= 15 is 0 Å². The first-order valence-corrected chi connectivity index (χ1v) is 12.8. The fraction of sp³-hybridized carbons (Fsp3) is 0.323. The van der Waals surface area contributed by atoms with Crippen LogP contribution in [0, 0.1) is 5.92 Å². The fourth-order valence-electron chi connectivity index (χ4n) is 4.73. The van der Waals surface area contributed by atoms with E-state index in [0.29, 0.717) is 29.7 Å². The van der Waals surface area contributed by atoms with Crippen molar-refractivity contribution in [3.8, 4) is 5.69 Å². The molecule has 1 unspecified atom stereocenters. The zero-order chi connectivity index (χ0) is 25.7. The van der Waals surface area contributed by atoms with Crippen molar-refractivity contribution in [2.45, 2.75) is 53.0 Å². The highest BCUT2D eigenvalue weighted by atomic mass is 16.2. The number of aromatic nitrogens is 2. The third kappa shape index (κ3) is 5.40. The molecule has 1 heterocycles. The van der Waals surface area contributed by atoms with Crippen molar-refractivity contribution in [3.63, 3.8) is 0 Å². The molecule has 186 valence electrons. The number of fused-ring (bicyclic) bond motifs is 1. The molecule has 1 atom stereocenters. The Bertz CT molecular complexity index is 1390. The predicted molar refractivity (Wildman–Crippen MR) is 146 cm³/mol. The van der Waals surface area contributed by atoms with Gasteiger partial charge in [-0.05, 0) is 55.0 Å². The SMILES string of the molecule is CCc1ccccc1-n1c(C(C)N(CCc2ccccc2)C(=O)CC(C)C)nc2ccccc2c1=O. The molecular formula is C31H35N3O2. The van der Waals surface area contributed by atoms with E-state index in [1.807, 2.05) is 78.6 Å². The molecule has 0 spiro atoms. The number of carbonyl (C=O) groups excluding carboxylic acids is 1. The second-order valence-corrected chi connectivity index (χ2v) is 9.71. The lowest BCUT2D eigenvalue weighted by Gasteiger charge is -2.31. The van der Waals surface area contributed by atoms with E-state index in [1.165, 1.54) is 5.56 Å². The number of rotatable bonds is 9. The van der Waals surface area contributed by atoms with Crippen molar-refractivity contribution in [1.29, 1.82) is 0 Å². The van der Waals surface area contributed by atoms with Crippen LogP contribution in [0.15, 0.2) is 83.7 Å². The lowest BCUT2D eigenvalue weighted by molar-refractivity contribution is -0.134. The maximum absolute atomic E-state index is 13.9. The molecule has 0 aliphatic carbocycles. The molecule has 36 heavy (non-hydrogen) atoms. The van der Waals surface area contributed by atoms with Crippen molar-refractivity contribution in [1.82, 2.24) is 14.5 Å². The van der Waals surface area contributed by atoms with Crippen LogP contribution in [0.2, 0.25) is 0 Å². The van der Waals surface area contributed by atoms with Crippen LogP contribution in [0.5, 0.6) is 0 Å². The van der Waals surface area contributed by atoms with Gasteiger partial charge in [0.15, 0.2) is 0 Å². The first-order chi connectivity index (χ1) is 17.4. The molecule has 0 saturated heterocycles. The Morgan fingerprint density at radius 3 is 2.31 bits per heavy atom. The summed E-state index contributed by atoms with van der Waals surface area (Å²) in [6, 6.07) is 25.2. The highest BCUT2D eigenvalue weighted by molar-refractivity contribution is 5.79. The molecule has 0 radical (unpaired) electrons. The summed E-state index contributed by atoms with van der Waals surface area (Å²) in [4.78, 5) is 34.3. The third-order valence-electron chi connectivity index (χ3n) is 6.64. The zero-order valence-corrected chi connectivity index (χ0v) is 21.6. The van der Waals surface area contributed by atoms with Crippen molar-refractivity contribution in [2.24, 2.45) is 5.92 Å². The van der Waals surface area contributed by atoms with Crippen LogP contribution in [-0.2, 0) is 17.6 Å². The average molecular weight is 482 g/mol. The summed E-state index contributed by atoms with van der Waals surface area (Å²) in [6.07, 6.45) is 1.97. The van der Waals surface area contributed by atoms with E-state index in [4.69, 9.17) is 4.98 Å². The molecule has 0 saturated carbocycles. The maximum Gasteiger partial charge on any atom is 0.266 e. The summed E-state index contributed by atoms with van der Waals surface area (Å²) in [6.45, 7) is 8.73. The van der Waals surface area contributed by atoms with E-state index in [0.717, 1.165) is 24.1 Å². The molecule has 4 rings (SSSR count). The van der Waals surface area contributed by atoms with Gasteiger partial charge in [0.25, 0.3) is 5.56 Å². The fourth-order valence-corrected chi connectivity index (χ4v) is 4.73. The summed E-state index contributed by atoms with van der Waals surface area (Å²) in [5.41, 5.74) is 3.60. The molecule has 5 heteroatoms. The Kier molecular flexibility index (Phi) is 7.99. The van der Waals surface area contributed by atoms with Gasteiger partial charge in [-0.25, -0.2) is 4.98 Å². The molecule has 0 fully saturated rings. The number of para-hydroxylation sites is 2. The Morgan fingerprint density at radius 2 is 1.58 bits per heavy atom. The molecule has 5 nitrogen and oxygen atoms in total. The van der Waals surface area contributed by atoms with Crippen LogP contribution >= 0.6 is 0 Å². The van der Waals surface area contributed by atoms with Gasteiger partial charge in [0, 0.05) is 13.0 Å². The number of amides is 1. The quantitative estimate of drug-likeness (QED) is 0.289. The first-order valence-electron chi connectivity index (χ1n) is 12.8. The predicted octanol–water partition coefficient (Wildman–Crippen LogP) is 6.13. The average Bonchev–Trinajstić information content (AvgIpc) is 2.89. The van der Waals surface area contributed by atoms with Crippen molar-refractivity contribution >= 4 is 16.8 Å². The van der Waals surface area contributed by atoms with E-state index in [1.54, 1.807) is 4.57 Å². The summed E-state index contributed by atoms with van der Waals surface area (Å²) in [5.74, 6) is 0.896. The van der Waals surface area contributed by atoms with Gasteiger partial charge < -0.3 is 4.90 Å². The summed E-state index contributed by atoms with van der Waals surface area (Å²) >= 11 is 0. The maximum atomic E-state index is 13.9. The van der Waals surface area contributed by atoms with E-state index in [-0.39, 0.29) is 23.4 Å². The molecule has 1 amide bonds. The Balaban J connectivity index is 1.86. The number of hydrogen-bond acceptors (Lipinski definition) is 3. The van der Waals surface area contributed by atoms with Crippen molar-refractivity contribution < 1.29 is 4.79 Å². The monoisotopic (exact) mass is 481 g/mol. The van der Waals surface area contributed by atoms with Crippen LogP contribution < -0.4 is 5.56 Å². The second kappa shape index (κ2) is 11.3. The molecule has 0 bridgehead atoms.